The number of thioether (sulfide) groups is 1. The Morgan fingerprint density at radius 1 is 1.09 bits per heavy atom. The van der Waals surface area contributed by atoms with Crippen LogP contribution >= 0.6 is 23.1 Å². The lowest BCUT2D eigenvalue weighted by Crippen LogP contribution is -2.30. The fourth-order valence-corrected chi connectivity index (χ4v) is 6.50. The third-order valence-electron chi connectivity index (χ3n) is 6.21. The zero-order valence-electron chi connectivity index (χ0n) is 18.6. The number of anilines is 1. The van der Waals surface area contributed by atoms with Crippen LogP contribution in [0.2, 0.25) is 0 Å². The van der Waals surface area contributed by atoms with E-state index < -0.39 is 0 Å². The van der Waals surface area contributed by atoms with Gasteiger partial charge in [-0.1, -0.05) is 42.8 Å². The molecule has 2 atom stereocenters. The molecule has 2 aromatic carbocycles. The monoisotopic (exact) mass is 495 g/mol. The summed E-state index contributed by atoms with van der Waals surface area (Å²) >= 11 is 2.83. The molecule has 0 spiro atoms. The van der Waals surface area contributed by atoms with E-state index in [-0.39, 0.29) is 35.3 Å². The number of benzene rings is 2. The predicted octanol–water partition coefficient (Wildman–Crippen LogP) is 4.26. The number of hydrogen-bond donors (Lipinski definition) is 1. The zero-order valence-corrected chi connectivity index (χ0v) is 20.2. The van der Waals surface area contributed by atoms with Crippen molar-refractivity contribution in [2.75, 3.05) is 23.8 Å². The van der Waals surface area contributed by atoms with Crippen LogP contribution in [0.4, 0.5) is 5.69 Å². The van der Waals surface area contributed by atoms with Gasteiger partial charge in [0.1, 0.15) is 12.4 Å². The first kappa shape index (κ1) is 22.9. The van der Waals surface area contributed by atoms with Gasteiger partial charge in [-0.3, -0.25) is 19.3 Å². The van der Waals surface area contributed by atoms with E-state index in [0.717, 1.165) is 46.0 Å². The summed E-state index contributed by atoms with van der Waals surface area (Å²) in [5.74, 6) is 0.475. The molecule has 3 amide bonds. The number of aromatic nitrogens is 1. The SMILES string of the molecule is O=C(CSc1nc2ccc(N3C(=O)[C@@H]4CCCC[C@H]4C3=O)cc2s1)NCCOc1ccccc1. The van der Waals surface area contributed by atoms with Gasteiger partial charge in [-0.15, -0.1) is 11.3 Å². The van der Waals surface area contributed by atoms with Crippen molar-refractivity contribution >= 4 is 56.7 Å². The summed E-state index contributed by atoms with van der Waals surface area (Å²) in [7, 11) is 0. The number of nitrogens with zero attached hydrogens (tertiary/aromatic N) is 2. The molecule has 1 saturated carbocycles. The first-order valence-corrected chi connectivity index (χ1v) is 13.3. The highest BCUT2D eigenvalue weighted by atomic mass is 32.2. The second-order valence-corrected chi connectivity index (χ2v) is 10.7. The summed E-state index contributed by atoms with van der Waals surface area (Å²) in [4.78, 5) is 43.9. The van der Waals surface area contributed by atoms with Crippen LogP contribution in [0.25, 0.3) is 10.2 Å². The molecule has 2 fully saturated rings. The molecule has 176 valence electrons. The van der Waals surface area contributed by atoms with Gasteiger partial charge < -0.3 is 10.1 Å². The summed E-state index contributed by atoms with van der Waals surface area (Å²) in [5.41, 5.74) is 1.41. The quantitative estimate of drug-likeness (QED) is 0.285. The average molecular weight is 496 g/mol. The fraction of sp³-hybridized carbons (Fsp3) is 0.360. The standard InChI is InChI=1S/C25H25N3O4S2/c29-22(26-12-13-32-17-6-2-1-3-7-17)15-33-25-27-20-11-10-16(14-21(20)34-25)28-23(30)18-8-4-5-9-19(18)24(28)31/h1-3,6-7,10-11,14,18-19H,4-5,8-9,12-13,15H2,(H,26,29)/t18-,19-/m1/s1. The third kappa shape index (κ3) is 4.81. The Kier molecular flexibility index (Phi) is 6.82. The van der Waals surface area contributed by atoms with Gasteiger partial charge in [-0.25, -0.2) is 4.98 Å². The summed E-state index contributed by atoms with van der Waals surface area (Å²) in [5, 5.41) is 2.85. The number of carbonyl (C=O) groups is 3. The lowest BCUT2D eigenvalue weighted by Gasteiger charge is -2.19. The van der Waals surface area contributed by atoms with Gasteiger partial charge in [-0.05, 0) is 43.2 Å². The van der Waals surface area contributed by atoms with E-state index in [4.69, 9.17) is 4.74 Å². The maximum absolute atomic E-state index is 12.9. The minimum atomic E-state index is -0.166. The molecule has 34 heavy (non-hydrogen) atoms. The van der Waals surface area contributed by atoms with Gasteiger partial charge in [-0.2, -0.15) is 0 Å². The number of amides is 3. The normalized spacial score (nSPS) is 19.9. The molecule has 0 radical (unpaired) electrons. The number of imide groups is 1. The van der Waals surface area contributed by atoms with Crippen LogP contribution in [0.15, 0.2) is 52.9 Å². The van der Waals surface area contributed by atoms with Crippen molar-refractivity contribution in [2.45, 2.75) is 30.0 Å². The van der Waals surface area contributed by atoms with Crippen molar-refractivity contribution < 1.29 is 19.1 Å². The van der Waals surface area contributed by atoms with E-state index in [1.165, 1.54) is 28.0 Å². The van der Waals surface area contributed by atoms with Gasteiger partial charge in [0.05, 0.1) is 40.0 Å². The van der Waals surface area contributed by atoms with E-state index in [0.29, 0.717) is 18.8 Å². The van der Waals surface area contributed by atoms with E-state index in [2.05, 4.69) is 10.3 Å². The van der Waals surface area contributed by atoms with Crippen molar-refractivity contribution in [1.82, 2.24) is 10.3 Å². The molecular weight excluding hydrogens is 470 g/mol. The highest BCUT2D eigenvalue weighted by Crippen LogP contribution is 2.41. The first-order valence-electron chi connectivity index (χ1n) is 11.5. The molecule has 1 aliphatic carbocycles. The molecule has 1 saturated heterocycles. The fourth-order valence-electron chi connectivity index (χ4n) is 4.56. The Morgan fingerprint density at radius 3 is 2.56 bits per heavy atom. The summed E-state index contributed by atoms with van der Waals surface area (Å²) in [6.45, 7) is 0.831. The minimum Gasteiger partial charge on any atom is -0.492 e. The number of carbonyl (C=O) groups excluding carboxylic acids is 3. The van der Waals surface area contributed by atoms with Crippen molar-refractivity contribution in [1.29, 1.82) is 0 Å². The van der Waals surface area contributed by atoms with Gasteiger partial charge in [0, 0.05) is 0 Å². The second kappa shape index (κ2) is 10.1. The second-order valence-electron chi connectivity index (χ2n) is 8.44. The van der Waals surface area contributed by atoms with Crippen LogP contribution in [-0.2, 0) is 14.4 Å². The Labute approximate surface area is 205 Å². The number of ether oxygens (including phenoxy) is 1. The summed E-state index contributed by atoms with van der Waals surface area (Å²) in [6.07, 6.45) is 3.62. The van der Waals surface area contributed by atoms with E-state index in [9.17, 15) is 14.4 Å². The lowest BCUT2D eigenvalue weighted by atomic mass is 9.81. The largest absolute Gasteiger partial charge is 0.492 e. The summed E-state index contributed by atoms with van der Waals surface area (Å²) < 4.78 is 7.24. The van der Waals surface area contributed by atoms with Crippen molar-refractivity contribution in [3.05, 3.63) is 48.5 Å². The molecule has 2 aliphatic rings. The maximum Gasteiger partial charge on any atom is 0.237 e. The molecule has 0 unspecified atom stereocenters. The van der Waals surface area contributed by atoms with Gasteiger partial charge in [0.2, 0.25) is 17.7 Å². The Morgan fingerprint density at radius 2 is 1.82 bits per heavy atom. The van der Waals surface area contributed by atoms with Crippen molar-refractivity contribution in [3.8, 4) is 5.75 Å². The van der Waals surface area contributed by atoms with Crippen molar-refractivity contribution in [3.63, 3.8) is 0 Å². The topological polar surface area (TPSA) is 88.6 Å². The number of nitrogens with one attached hydrogen (secondary N) is 1. The number of thiazole rings is 1. The zero-order chi connectivity index (χ0) is 23.5. The van der Waals surface area contributed by atoms with Gasteiger partial charge in [0.25, 0.3) is 0 Å². The van der Waals surface area contributed by atoms with Crippen LogP contribution in [0.5, 0.6) is 5.75 Å². The van der Waals surface area contributed by atoms with E-state index in [1.54, 1.807) is 6.07 Å². The maximum atomic E-state index is 12.9. The molecule has 1 aliphatic heterocycles. The molecule has 1 aromatic heterocycles. The van der Waals surface area contributed by atoms with Gasteiger partial charge in [0.15, 0.2) is 4.34 Å². The van der Waals surface area contributed by atoms with Crippen LogP contribution in [0.3, 0.4) is 0 Å². The smallest absolute Gasteiger partial charge is 0.237 e. The Hall–Kier alpha value is -2.91. The highest BCUT2D eigenvalue weighted by Gasteiger charge is 2.48. The molecule has 2 heterocycles. The van der Waals surface area contributed by atoms with Crippen LogP contribution < -0.4 is 15.0 Å². The predicted molar refractivity (Wildman–Crippen MR) is 133 cm³/mol. The highest BCUT2D eigenvalue weighted by molar-refractivity contribution is 8.01. The molecular formula is C25H25N3O4S2. The number of hydrogen-bond acceptors (Lipinski definition) is 7. The lowest BCUT2D eigenvalue weighted by molar-refractivity contribution is -0.122. The van der Waals surface area contributed by atoms with Crippen molar-refractivity contribution in [2.24, 2.45) is 11.8 Å². The number of rotatable bonds is 8. The van der Waals surface area contributed by atoms with Crippen LogP contribution in [0.1, 0.15) is 25.7 Å². The van der Waals surface area contributed by atoms with Gasteiger partial charge >= 0.3 is 0 Å². The Balaban J connectivity index is 1.16. The molecule has 5 rings (SSSR count). The van der Waals surface area contributed by atoms with Crippen LogP contribution in [-0.4, -0.2) is 41.6 Å². The Bertz CT molecular complexity index is 1190. The molecule has 1 N–H and O–H groups in total. The molecule has 9 heteroatoms. The third-order valence-corrected chi connectivity index (χ3v) is 8.38. The number of para-hydroxylation sites is 1. The summed E-state index contributed by atoms with van der Waals surface area (Å²) in [6, 6.07) is 15.0. The van der Waals surface area contributed by atoms with E-state index in [1.807, 2.05) is 42.5 Å². The number of fused-ring (bicyclic) bond motifs is 2. The van der Waals surface area contributed by atoms with Crippen LogP contribution in [0, 0.1) is 11.8 Å². The molecule has 7 nitrogen and oxygen atoms in total. The molecule has 0 bridgehead atoms. The average Bonchev–Trinajstić information content (AvgIpc) is 3.39. The minimum absolute atomic E-state index is 0.0684. The first-order chi connectivity index (χ1) is 16.6. The molecule has 3 aromatic rings. The van der Waals surface area contributed by atoms with E-state index >= 15 is 0 Å².